The third-order valence-electron chi connectivity index (χ3n) is 4.33. The number of aryl methyl sites for hydroxylation is 2. The van der Waals surface area contributed by atoms with Gasteiger partial charge in [0.05, 0.1) is 16.2 Å². The predicted octanol–water partition coefficient (Wildman–Crippen LogP) is 5.25. The summed E-state index contributed by atoms with van der Waals surface area (Å²) >= 11 is 8.45. The van der Waals surface area contributed by atoms with E-state index in [0.29, 0.717) is 21.1 Å². The summed E-state index contributed by atoms with van der Waals surface area (Å²) in [5.74, 6) is -0.580. The van der Waals surface area contributed by atoms with Crippen molar-refractivity contribution in [1.82, 2.24) is 9.55 Å². The van der Waals surface area contributed by atoms with E-state index in [2.05, 4.69) is 21.6 Å². The number of aromatic nitrogens is 2. The molecule has 0 bridgehead atoms. The van der Waals surface area contributed by atoms with Gasteiger partial charge in [-0.2, -0.15) is 8.78 Å². The molecule has 0 saturated heterocycles. The molecule has 1 amide bonds. The number of thioether (sulfide) groups is 1. The molecule has 1 aromatic carbocycles. The van der Waals surface area contributed by atoms with Crippen molar-refractivity contribution in [2.75, 3.05) is 11.1 Å². The van der Waals surface area contributed by atoms with Gasteiger partial charge in [0.15, 0.2) is 5.16 Å². The SMILES string of the molecule is C=CCn1c(SCC(=O)Nc2ccc(OC(F)F)c(Cl)c2)nc2sc(C)c(C)c2c1=O. The lowest BCUT2D eigenvalue weighted by atomic mass is 10.2. The van der Waals surface area contributed by atoms with Gasteiger partial charge in [-0.15, -0.1) is 17.9 Å². The Balaban J connectivity index is 1.77. The first-order chi connectivity index (χ1) is 14.7. The number of allylic oxidation sites excluding steroid dienone is 1. The van der Waals surface area contributed by atoms with Gasteiger partial charge in [-0.3, -0.25) is 14.2 Å². The number of nitrogens with zero attached hydrogens (tertiary/aromatic N) is 2. The zero-order valence-electron chi connectivity index (χ0n) is 16.6. The Morgan fingerprint density at radius 3 is 2.84 bits per heavy atom. The molecule has 0 atom stereocenters. The number of alkyl halides is 2. The number of thiophene rings is 1. The molecular formula is C20H18ClF2N3O3S2. The van der Waals surface area contributed by atoms with Gasteiger partial charge in [0.2, 0.25) is 5.91 Å². The molecule has 0 radical (unpaired) electrons. The number of nitrogens with one attached hydrogen (secondary N) is 1. The molecule has 0 saturated carbocycles. The van der Waals surface area contributed by atoms with Crippen molar-refractivity contribution in [2.45, 2.75) is 32.2 Å². The van der Waals surface area contributed by atoms with Crippen molar-refractivity contribution in [3.63, 3.8) is 0 Å². The van der Waals surface area contributed by atoms with Gasteiger partial charge in [-0.05, 0) is 37.6 Å². The van der Waals surface area contributed by atoms with Gasteiger partial charge >= 0.3 is 6.61 Å². The van der Waals surface area contributed by atoms with Gasteiger partial charge in [0.25, 0.3) is 5.56 Å². The Labute approximate surface area is 189 Å². The number of amides is 1. The van der Waals surface area contributed by atoms with Crippen molar-refractivity contribution in [3.8, 4) is 5.75 Å². The van der Waals surface area contributed by atoms with Crippen LogP contribution in [0.1, 0.15) is 10.4 Å². The Kier molecular flexibility index (Phi) is 7.34. The van der Waals surface area contributed by atoms with Crippen LogP contribution in [0.2, 0.25) is 5.02 Å². The number of halogens is 3. The molecule has 6 nitrogen and oxygen atoms in total. The Morgan fingerprint density at radius 2 is 2.19 bits per heavy atom. The standard InChI is InChI=1S/C20H18ClF2N3O3S2/c1-4-7-26-18(28)16-10(2)11(3)31-17(16)25-20(26)30-9-15(27)24-12-5-6-14(13(21)8-12)29-19(22)23/h4-6,8,19H,1,7,9H2,2-3H3,(H,24,27). The lowest BCUT2D eigenvalue weighted by molar-refractivity contribution is -0.113. The number of carbonyl (C=O) groups excluding carboxylic acids is 1. The van der Waals surface area contributed by atoms with Crippen LogP contribution in [0.5, 0.6) is 5.75 Å². The second-order valence-electron chi connectivity index (χ2n) is 6.42. The molecule has 2 aromatic heterocycles. The summed E-state index contributed by atoms with van der Waals surface area (Å²) < 4.78 is 30.4. The minimum absolute atomic E-state index is 0.0225. The van der Waals surface area contributed by atoms with E-state index in [-0.39, 0.29) is 34.5 Å². The van der Waals surface area contributed by atoms with Crippen LogP contribution in [0.25, 0.3) is 10.2 Å². The summed E-state index contributed by atoms with van der Waals surface area (Å²) in [5, 5.41) is 3.57. The molecule has 0 spiro atoms. The Hall–Kier alpha value is -2.43. The highest BCUT2D eigenvalue weighted by molar-refractivity contribution is 7.99. The molecule has 0 aliphatic heterocycles. The van der Waals surface area contributed by atoms with Crippen LogP contribution < -0.4 is 15.6 Å². The highest BCUT2D eigenvalue weighted by Crippen LogP contribution is 2.30. The summed E-state index contributed by atoms with van der Waals surface area (Å²) in [6.07, 6.45) is 1.60. The molecule has 2 heterocycles. The van der Waals surface area contributed by atoms with Gasteiger partial charge in [0.1, 0.15) is 10.6 Å². The van der Waals surface area contributed by atoms with Crippen LogP contribution in [-0.2, 0) is 11.3 Å². The first-order valence-electron chi connectivity index (χ1n) is 8.99. The van der Waals surface area contributed by atoms with Crippen LogP contribution >= 0.6 is 34.7 Å². The number of carbonyl (C=O) groups is 1. The van der Waals surface area contributed by atoms with Crippen molar-refractivity contribution in [2.24, 2.45) is 0 Å². The van der Waals surface area contributed by atoms with E-state index in [1.807, 2.05) is 13.8 Å². The highest BCUT2D eigenvalue weighted by atomic mass is 35.5. The van der Waals surface area contributed by atoms with Crippen molar-refractivity contribution in [3.05, 3.63) is 56.7 Å². The fourth-order valence-corrected chi connectivity index (χ4v) is 4.91. The Bertz CT molecular complexity index is 1210. The number of anilines is 1. The average molecular weight is 486 g/mol. The number of hydrogen-bond acceptors (Lipinski definition) is 6. The van der Waals surface area contributed by atoms with Crippen LogP contribution in [0.15, 0.2) is 40.8 Å². The summed E-state index contributed by atoms with van der Waals surface area (Å²) in [4.78, 5) is 31.5. The second kappa shape index (κ2) is 9.80. The highest BCUT2D eigenvalue weighted by Gasteiger charge is 2.17. The lowest BCUT2D eigenvalue weighted by Gasteiger charge is -2.11. The van der Waals surface area contributed by atoms with E-state index in [0.717, 1.165) is 22.2 Å². The summed E-state index contributed by atoms with van der Waals surface area (Å²) in [5.41, 5.74) is 1.06. The van der Waals surface area contributed by atoms with E-state index in [4.69, 9.17) is 11.6 Å². The first kappa shape index (κ1) is 23.2. The third-order valence-corrected chi connectivity index (χ3v) is 6.70. The van der Waals surface area contributed by atoms with Crippen LogP contribution in [-0.4, -0.2) is 27.8 Å². The fraction of sp³-hybridized carbons (Fsp3) is 0.250. The zero-order chi connectivity index (χ0) is 22.7. The number of benzene rings is 1. The largest absolute Gasteiger partial charge is 0.433 e. The summed E-state index contributed by atoms with van der Waals surface area (Å²) in [6.45, 7) is 4.78. The number of ether oxygens (including phenoxy) is 1. The second-order valence-corrected chi connectivity index (χ2v) is 8.98. The van der Waals surface area contributed by atoms with Gasteiger partial charge in [-0.1, -0.05) is 29.4 Å². The monoisotopic (exact) mass is 485 g/mol. The number of fused-ring (bicyclic) bond motifs is 1. The van der Waals surface area contributed by atoms with Crippen molar-refractivity contribution < 1.29 is 18.3 Å². The normalized spacial score (nSPS) is 11.2. The maximum atomic E-state index is 12.9. The van der Waals surface area contributed by atoms with E-state index >= 15 is 0 Å². The molecular weight excluding hydrogens is 468 g/mol. The molecule has 0 unspecified atom stereocenters. The average Bonchev–Trinajstić information content (AvgIpc) is 2.98. The van der Waals surface area contributed by atoms with Crippen LogP contribution in [0.3, 0.4) is 0 Å². The maximum Gasteiger partial charge on any atom is 0.387 e. The Morgan fingerprint density at radius 1 is 1.45 bits per heavy atom. The molecule has 0 aliphatic rings. The van der Waals surface area contributed by atoms with Crippen molar-refractivity contribution in [1.29, 1.82) is 0 Å². The maximum absolute atomic E-state index is 12.9. The fourth-order valence-electron chi connectivity index (χ4n) is 2.81. The van der Waals surface area contributed by atoms with Crippen LogP contribution in [0.4, 0.5) is 14.5 Å². The molecule has 0 fully saturated rings. The quantitative estimate of drug-likeness (QED) is 0.268. The van der Waals surface area contributed by atoms with Gasteiger partial charge in [-0.25, -0.2) is 4.98 Å². The minimum atomic E-state index is -3.00. The molecule has 1 N–H and O–H groups in total. The predicted molar refractivity (Wildman–Crippen MR) is 121 cm³/mol. The number of hydrogen-bond donors (Lipinski definition) is 1. The van der Waals surface area contributed by atoms with Crippen LogP contribution in [0, 0.1) is 13.8 Å². The smallest absolute Gasteiger partial charge is 0.387 e. The summed E-state index contributed by atoms with van der Waals surface area (Å²) in [7, 11) is 0. The van der Waals surface area contributed by atoms with Gasteiger partial charge in [0, 0.05) is 17.1 Å². The van der Waals surface area contributed by atoms with E-state index in [1.54, 1.807) is 6.08 Å². The molecule has 11 heteroatoms. The minimum Gasteiger partial charge on any atom is -0.433 e. The van der Waals surface area contributed by atoms with E-state index in [1.165, 1.54) is 34.1 Å². The summed E-state index contributed by atoms with van der Waals surface area (Å²) in [6, 6.07) is 3.97. The van der Waals surface area contributed by atoms with E-state index < -0.39 is 6.61 Å². The molecule has 164 valence electrons. The molecule has 3 rings (SSSR count). The number of rotatable bonds is 8. The first-order valence-corrected chi connectivity index (χ1v) is 11.2. The molecule has 3 aromatic rings. The topological polar surface area (TPSA) is 73.2 Å². The molecule has 0 aliphatic carbocycles. The van der Waals surface area contributed by atoms with Gasteiger partial charge < -0.3 is 10.1 Å². The lowest BCUT2D eigenvalue weighted by Crippen LogP contribution is -2.23. The van der Waals surface area contributed by atoms with Crippen molar-refractivity contribution >= 4 is 56.5 Å². The third kappa shape index (κ3) is 5.25. The zero-order valence-corrected chi connectivity index (χ0v) is 19.0. The molecule has 31 heavy (non-hydrogen) atoms. The van der Waals surface area contributed by atoms with E-state index in [9.17, 15) is 18.4 Å².